The van der Waals surface area contributed by atoms with Gasteiger partial charge in [0, 0.05) is 49.7 Å². The van der Waals surface area contributed by atoms with Crippen molar-refractivity contribution in [2.45, 2.75) is 50.7 Å². The van der Waals surface area contributed by atoms with Crippen molar-refractivity contribution >= 4 is 17.2 Å². The standard InChI is InChI=1S/C20H32N4O2S/c1-22-9-2-16(3-10-22)19(25)24-11-4-17(5-12-24)23-13-6-18(7-14-23)26-20-21-8-15-27-20/h8,15-18H,2-7,9-14H2,1H3. The van der Waals surface area contributed by atoms with Gasteiger partial charge in [0.15, 0.2) is 0 Å². The van der Waals surface area contributed by atoms with E-state index in [1.807, 2.05) is 5.38 Å². The molecule has 0 bridgehead atoms. The number of hydrogen-bond acceptors (Lipinski definition) is 6. The molecular formula is C20H32N4O2S. The van der Waals surface area contributed by atoms with Gasteiger partial charge in [-0.3, -0.25) is 9.69 Å². The number of ether oxygens (including phenoxy) is 1. The van der Waals surface area contributed by atoms with Gasteiger partial charge in [-0.05, 0) is 58.7 Å². The van der Waals surface area contributed by atoms with Crippen LogP contribution in [0.2, 0.25) is 0 Å². The Balaban J connectivity index is 1.19. The molecule has 3 saturated heterocycles. The Kier molecular flexibility index (Phi) is 6.30. The molecule has 3 fully saturated rings. The van der Waals surface area contributed by atoms with Crippen molar-refractivity contribution in [1.29, 1.82) is 0 Å². The van der Waals surface area contributed by atoms with Gasteiger partial charge in [-0.2, -0.15) is 0 Å². The van der Waals surface area contributed by atoms with Crippen LogP contribution in [0.3, 0.4) is 0 Å². The molecule has 1 aromatic rings. The largest absolute Gasteiger partial charge is 0.467 e. The van der Waals surface area contributed by atoms with Crippen LogP contribution in [-0.4, -0.2) is 84.1 Å². The molecule has 7 heteroatoms. The average molecular weight is 393 g/mol. The lowest BCUT2D eigenvalue weighted by Crippen LogP contribution is -2.51. The lowest BCUT2D eigenvalue weighted by atomic mass is 9.93. The van der Waals surface area contributed by atoms with E-state index in [9.17, 15) is 4.79 Å². The van der Waals surface area contributed by atoms with Gasteiger partial charge in [0.2, 0.25) is 5.91 Å². The molecule has 0 aliphatic carbocycles. The predicted octanol–water partition coefficient (Wildman–Crippen LogP) is 2.32. The monoisotopic (exact) mass is 392 g/mol. The van der Waals surface area contributed by atoms with Crippen LogP contribution in [0.1, 0.15) is 38.5 Å². The second-order valence-corrected chi connectivity index (χ2v) is 9.14. The van der Waals surface area contributed by atoms with E-state index in [4.69, 9.17) is 4.74 Å². The Bertz CT molecular complexity index is 587. The zero-order valence-corrected chi connectivity index (χ0v) is 17.2. The highest BCUT2D eigenvalue weighted by molar-refractivity contribution is 7.11. The van der Waals surface area contributed by atoms with Gasteiger partial charge in [0.05, 0.1) is 0 Å². The van der Waals surface area contributed by atoms with E-state index in [0.29, 0.717) is 18.1 Å². The minimum absolute atomic E-state index is 0.261. The van der Waals surface area contributed by atoms with Crippen molar-refractivity contribution < 1.29 is 9.53 Å². The van der Waals surface area contributed by atoms with Crippen LogP contribution in [-0.2, 0) is 4.79 Å². The summed E-state index contributed by atoms with van der Waals surface area (Å²) in [4.78, 5) is 24.1. The van der Waals surface area contributed by atoms with Crippen LogP contribution in [0, 0.1) is 5.92 Å². The summed E-state index contributed by atoms with van der Waals surface area (Å²) in [7, 11) is 2.15. The zero-order chi connectivity index (χ0) is 18.6. The number of likely N-dealkylation sites (tertiary alicyclic amines) is 3. The molecule has 6 nitrogen and oxygen atoms in total. The van der Waals surface area contributed by atoms with Crippen molar-refractivity contribution in [3.8, 4) is 5.19 Å². The minimum Gasteiger partial charge on any atom is -0.467 e. The van der Waals surface area contributed by atoms with Gasteiger partial charge >= 0.3 is 0 Å². The molecular weight excluding hydrogens is 360 g/mol. The summed E-state index contributed by atoms with van der Waals surface area (Å²) in [6.45, 7) is 6.19. The predicted molar refractivity (Wildman–Crippen MR) is 107 cm³/mol. The van der Waals surface area contributed by atoms with Gasteiger partial charge in [0.1, 0.15) is 6.10 Å². The topological polar surface area (TPSA) is 48.9 Å². The summed E-state index contributed by atoms with van der Waals surface area (Å²) in [6.07, 6.45) is 8.56. The highest BCUT2D eigenvalue weighted by Crippen LogP contribution is 2.26. The summed E-state index contributed by atoms with van der Waals surface area (Å²) < 4.78 is 5.98. The molecule has 0 saturated carbocycles. The van der Waals surface area contributed by atoms with E-state index in [0.717, 1.165) is 83.0 Å². The van der Waals surface area contributed by atoms with E-state index in [2.05, 4.69) is 26.7 Å². The quantitative estimate of drug-likeness (QED) is 0.787. The molecule has 4 heterocycles. The van der Waals surface area contributed by atoms with Gasteiger partial charge < -0.3 is 14.5 Å². The number of aromatic nitrogens is 1. The molecule has 0 N–H and O–H groups in total. The fourth-order valence-corrected chi connectivity index (χ4v) is 5.29. The van der Waals surface area contributed by atoms with Gasteiger partial charge in [-0.1, -0.05) is 11.3 Å². The maximum Gasteiger partial charge on any atom is 0.273 e. The first-order valence-electron chi connectivity index (χ1n) is 10.5. The van der Waals surface area contributed by atoms with Crippen molar-refractivity contribution in [1.82, 2.24) is 19.7 Å². The van der Waals surface area contributed by atoms with E-state index >= 15 is 0 Å². The van der Waals surface area contributed by atoms with Gasteiger partial charge in [-0.15, -0.1) is 0 Å². The first kappa shape index (κ1) is 19.2. The molecule has 0 unspecified atom stereocenters. The Labute approximate surface area is 166 Å². The molecule has 1 aromatic heterocycles. The van der Waals surface area contributed by atoms with Crippen molar-refractivity contribution in [2.75, 3.05) is 46.3 Å². The van der Waals surface area contributed by atoms with Crippen LogP contribution in [0.5, 0.6) is 5.19 Å². The normalized spacial score (nSPS) is 25.0. The molecule has 0 atom stereocenters. The molecule has 0 spiro atoms. The highest BCUT2D eigenvalue weighted by atomic mass is 32.1. The zero-order valence-electron chi connectivity index (χ0n) is 16.4. The molecule has 3 aliphatic rings. The lowest BCUT2D eigenvalue weighted by Gasteiger charge is -2.42. The van der Waals surface area contributed by atoms with E-state index < -0.39 is 0 Å². The third-order valence-electron chi connectivity index (χ3n) is 6.51. The number of carbonyl (C=O) groups excluding carboxylic acids is 1. The Morgan fingerprint density at radius 2 is 1.74 bits per heavy atom. The van der Waals surface area contributed by atoms with E-state index in [1.165, 1.54) is 0 Å². The van der Waals surface area contributed by atoms with Crippen LogP contribution in [0.15, 0.2) is 11.6 Å². The first-order chi connectivity index (χ1) is 13.2. The third kappa shape index (κ3) is 4.81. The second-order valence-electron chi connectivity index (χ2n) is 8.29. The number of thiazole rings is 1. The molecule has 1 amide bonds. The Hall–Kier alpha value is -1.18. The second kappa shape index (κ2) is 8.88. The number of hydrogen-bond donors (Lipinski definition) is 0. The van der Waals surface area contributed by atoms with E-state index in [-0.39, 0.29) is 5.92 Å². The maximum absolute atomic E-state index is 12.8. The number of amides is 1. The number of nitrogens with zero attached hydrogens (tertiary/aromatic N) is 4. The maximum atomic E-state index is 12.8. The fourth-order valence-electron chi connectivity index (χ4n) is 4.74. The average Bonchev–Trinajstić information content (AvgIpc) is 3.22. The summed E-state index contributed by atoms with van der Waals surface area (Å²) in [5.41, 5.74) is 0. The van der Waals surface area contributed by atoms with Crippen LogP contribution in [0.25, 0.3) is 0 Å². The van der Waals surface area contributed by atoms with Crippen molar-refractivity contribution in [3.05, 3.63) is 11.6 Å². The summed E-state index contributed by atoms with van der Waals surface area (Å²) in [5, 5.41) is 2.76. The molecule has 0 aromatic carbocycles. The molecule has 150 valence electrons. The molecule has 0 radical (unpaired) electrons. The van der Waals surface area contributed by atoms with Gasteiger partial charge in [-0.25, -0.2) is 4.98 Å². The highest BCUT2D eigenvalue weighted by Gasteiger charge is 2.33. The summed E-state index contributed by atoms with van der Waals surface area (Å²) in [6, 6.07) is 0.632. The van der Waals surface area contributed by atoms with Crippen LogP contribution in [0.4, 0.5) is 0 Å². The first-order valence-corrected chi connectivity index (χ1v) is 11.3. The Morgan fingerprint density at radius 1 is 1.04 bits per heavy atom. The third-order valence-corrected chi connectivity index (χ3v) is 7.18. The van der Waals surface area contributed by atoms with E-state index in [1.54, 1.807) is 17.5 Å². The van der Waals surface area contributed by atoms with Crippen molar-refractivity contribution in [3.63, 3.8) is 0 Å². The molecule has 3 aliphatic heterocycles. The smallest absolute Gasteiger partial charge is 0.273 e. The van der Waals surface area contributed by atoms with Gasteiger partial charge in [0.25, 0.3) is 5.19 Å². The SMILES string of the molecule is CN1CCC(C(=O)N2CCC(N3CCC(Oc4nccs4)CC3)CC2)CC1. The summed E-state index contributed by atoms with van der Waals surface area (Å²) >= 11 is 1.57. The fraction of sp³-hybridized carbons (Fsp3) is 0.800. The van der Waals surface area contributed by atoms with Crippen molar-refractivity contribution in [2.24, 2.45) is 5.92 Å². The summed E-state index contributed by atoms with van der Waals surface area (Å²) in [5.74, 6) is 0.675. The minimum atomic E-state index is 0.261. The number of rotatable bonds is 4. The van der Waals surface area contributed by atoms with Crippen LogP contribution < -0.4 is 4.74 Å². The Morgan fingerprint density at radius 3 is 2.37 bits per heavy atom. The van der Waals surface area contributed by atoms with Crippen LogP contribution >= 0.6 is 11.3 Å². The molecule has 4 rings (SSSR count). The number of piperidine rings is 3. The number of carbonyl (C=O) groups is 1. The molecule has 27 heavy (non-hydrogen) atoms. The lowest BCUT2D eigenvalue weighted by molar-refractivity contribution is -0.138.